The summed E-state index contributed by atoms with van der Waals surface area (Å²) in [6.45, 7) is 5.27. The third-order valence-corrected chi connectivity index (χ3v) is 10.2. The standard InChI is InChI=1S/C39H61NO14/c1-4-14-26-17-11-9-7-6-8-10-12-18-27(53-38-35(46)33(40)34(45)23(3)51-38)20-31-32(36(47)48)30(44)22-39(50,54-31)21-25(42)16-13-15-24(41)19-29(43)28(5-2)37(49)52-26/h6-12,18,23,25-35,38,42-46,50H,4-5,13-17,19-22,40H2,1-3H3,(H,47,48)/b7-6+,10-8+,11-9+,18-12+/t23-,25+,26-,27+,28-,29+,30-,31?,32-,33+,34-,35-,38+,39-/m1/s1. The van der Waals surface area contributed by atoms with Gasteiger partial charge in [-0.25, -0.2) is 0 Å². The van der Waals surface area contributed by atoms with Gasteiger partial charge in [0.05, 0.1) is 54.7 Å². The largest absolute Gasteiger partial charge is 0.481 e. The maximum atomic E-state index is 13.0. The summed E-state index contributed by atoms with van der Waals surface area (Å²) in [5.41, 5.74) is 6.00. The Kier molecular flexibility index (Phi) is 18.6. The van der Waals surface area contributed by atoms with Crippen molar-refractivity contribution in [1.29, 1.82) is 0 Å². The molecule has 15 nitrogen and oxygen atoms in total. The minimum Gasteiger partial charge on any atom is -0.481 e. The molecule has 0 saturated carbocycles. The van der Waals surface area contributed by atoms with Gasteiger partial charge >= 0.3 is 11.9 Å². The normalized spacial score (nSPS) is 42.3. The number of ether oxygens (including phenoxy) is 4. The van der Waals surface area contributed by atoms with Crippen LogP contribution < -0.4 is 5.73 Å². The molecule has 54 heavy (non-hydrogen) atoms. The fourth-order valence-electron chi connectivity index (χ4n) is 7.15. The molecular weight excluding hydrogens is 706 g/mol. The quantitative estimate of drug-likeness (QED) is 0.179. The van der Waals surface area contributed by atoms with Gasteiger partial charge in [0.15, 0.2) is 12.1 Å². The molecule has 0 aromatic heterocycles. The zero-order chi connectivity index (χ0) is 40.0. The lowest BCUT2D eigenvalue weighted by Crippen LogP contribution is -2.61. The fourth-order valence-corrected chi connectivity index (χ4v) is 7.15. The van der Waals surface area contributed by atoms with E-state index in [1.807, 2.05) is 13.0 Å². The molecule has 0 aromatic rings. The second-order valence-corrected chi connectivity index (χ2v) is 14.7. The van der Waals surface area contributed by atoms with Crippen molar-refractivity contribution in [2.45, 2.75) is 164 Å². The topological polar surface area (TPSA) is 256 Å². The maximum Gasteiger partial charge on any atom is 0.311 e. The lowest BCUT2D eigenvalue weighted by Gasteiger charge is -2.45. The van der Waals surface area contributed by atoms with Crippen LogP contribution in [0.5, 0.6) is 0 Å². The Morgan fingerprint density at radius 3 is 2.33 bits per heavy atom. The Morgan fingerprint density at radius 2 is 1.67 bits per heavy atom. The van der Waals surface area contributed by atoms with Crippen molar-refractivity contribution in [3.63, 3.8) is 0 Å². The highest BCUT2D eigenvalue weighted by atomic mass is 16.7. The average molecular weight is 768 g/mol. The lowest BCUT2D eigenvalue weighted by atomic mass is 9.83. The number of allylic oxidation sites excluding steroid dienone is 6. The molecule has 14 atom stereocenters. The summed E-state index contributed by atoms with van der Waals surface area (Å²) in [7, 11) is 0. The average Bonchev–Trinajstić information content (AvgIpc) is 3.08. The minimum atomic E-state index is -2.15. The predicted octanol–water partition coefficient (Wildman–Crippen LogP) is 1.70. The van der Waals surface area contributed by atoms with Crippen LogP contribution in [0.25, 0.3) is 0 Å². The van der Waals surface area contributed by atoms with Crippen LogP contribution in [0.2, 0.25) is 0 Å². The number of ketones is 1. The van der Waals surface area contributed by atoms with Gasteiger partial charge in [-0.15, -0.1) is 0 Å². The van der Waals surface area contributed by atoms with E-state index in [9.17, 15) is 50.1 Å². The SMILES string of the molecule is CCC[C@@H]1C/C=C/C=C/C=C/C=C/[C@H](O[C@@H]2O[C@H](C)[C@@H](O)[C@H](N)[C@H]2O)CC2O[C@](O)(C[C@@H](O)CCCC(=O)C[C@H](O)[C@@H](CC)C(=O)O1)C[C@@H](O)[C@H]2C(=O)O. The number of fused-ring (bicyclic) bond motifs is 2. The van der Waals surface area contributed by atoms with Gasteiger partial charge in [0, 0.05) is 38.5 Å². The van der Waals surface area contributed by atoms with Crippen molar-refractivity contribution in [2.24, 2.45) is 17.6 Å². The first kappa shape index (κ1) is 45.6. The summed E-state index contributed by atoms with van der Waals surface area (Å²) < 4.78 is 23.4. The summed E-state index contributed by atoms with van der Waals surface area (Å²) >= 11 is 0. The van der Waals surface area contributed by atoms with E-state index in [1.54, 1.807) is 56.4 Å². The number of carboxylic acid groups (broad SMARTS) is 1. The highest BCUT2D eigenvalue weighted by molar-refractivity contribution is 5.80. The van der Waals surface area contributed by atoms with Crippen molar-refractivity contribution >= 4 is 17.7 Å². The second-order valence-electron chi connectivity index (χ2n) is 14.7. The molecule has 0 aliphatic carbocycles. The van der Waals surface area contributed by atoms with Crippen LogP contribution in [0.15, 0.2) is 48.6 Å². The van der Waals surface area contributed by atoms with Crippen LogP contribution >= 0.6 is 0 Å². The lowest BCUT2D eigenvalue weighted by molar-refractivity contribution is -0.308. The zero-order valence-electron chi connectivity index (χ0n) is 31.5. The summed E-state index contributed by atoms with van der Waals surface area (Å²) in [6.07, 6.45) is 2.99. The van der Waals surface area contributed by atoms with Crippen LogP contribution in [-0.4, -0.2) is 127 Å². The Balaban J connectivity index is 1.90. The smallest absolute Gasteiger partial charge is 0.311 e. The van der Waals surface area contributed by atoms with Crippen LogP contribution in [0.4, 0.5) is 0 Å². The molecule has 306 valence electrons. The van der Waals surface area contributed by atoms with E-state index in [0.29, 0.717) is 12.8 Å². The summed E-state index contributed by atoms with van der Waals surface area (Å²) in [5, 5.41) is 75.1. The highest BCUT2D eigenvalue weighted by Crippen LogP contribution is 2.38. The van der Waals surface area contributed by atoms with Crippen LogP contribution in [0, 0.1) is 11.8 Å². The molecule has 2 bridgehead atoms. The van der Waals surface area contributed by atoms with E-state index in [0.717, 1.165) is 6.42 Å². The van der Waals surface area contributed by atoms with E-state index in [-0.39, 0.29) is 44.3 Å². The second kappa shape index (κ2) is 22.0. The van der Waals surface area contributed by atoms with Gasteiger partial charge < -0.3 is 60.4 Å². The highest BCUT2D eigenvalue weighted by Gasteiger charge is 2.50. The maximum absolute atomic E-state index is 13.0. The molecule has 9 N–H and O–H groups in total. The third-order valence-electron chi connectivity index (χ3n) is 10.2. The number of hydrogen-bond donors (Lipinski definition) is 8. The number of aliphatic hydroxyl groups is 6. The number of carbonyl (C=O) groups is 3. The van der Waals surface area contributed by atoms with Crippen molar-refractivity contribution in [3.8, 4) is 0 Å². The molecule has 3 aliphatic heterocycles. The van der Waals surface area contributed by atoms with Gasteiger partial charge in [-0.2, -0.15) is 0 Å². The van der Waals surface area contributed by atoms with Gasteiger partial charge in [-0.05, 0) is 32.6 Å². The van der Waals surface area contributed by atoms with Gasteiger partial charge in [0.2, 0.25) is 0 Å². The Hall–Kier alpha value is -2.83. The number of hydrogen-bond acceptors (Lipinski definition) is 14. The van der Waals surface area contributed by atoms with Crippen LogP contribution in [0.3, 0.4) is 0 Å². The number of esters is 1. The van der Waals surface area contributed by atoms with Crippen molar-refractivity contribution in [1.82, 2.24) is 0 Å². The Bertz CT molecular complexity index is 1320. The summed E-state index contributed by atoms with van der Waals surface area (Å²) in [5.74, 6) is -6.81. The van der Waals surface area contributed by atoms with Gasteiger partial charge in [-0.1, -0.05) is 68.9 Å². The van der Waals surface area contributed by atoms with Gasteiger partial charge in [0.1, 0.15) is 23.9 Å². The first-order valence-corrected chi connectivity index (χ1v) is 19.1. The van der Waals surface area contributed by atoms with E-state index in [4.69, 9.17) is 24.7 Å². The number of aliphatic hydroxyl groups excluding tert-OH is 5. The van der Waals surface area contributed by atoms with Crippen molar-refractivity contribution < 1.29 is 69.1 Å². The third kappa shape index (κ3) is 13.7. The molecule has 1 unspecified atom stereocenters. The summed E-state index contributed by atoms with van der Waals surface area (Å²) in [6, 6.07) is -1.10. The Labute approximate surface area is 317 Å². The molecule has 3 rings (SSSR count). The van der Waals surface area contributed by atoms with E-state index in [1.165, 1.54) is 0 Å². The molecule has 0 spiro atoms. The minimum absolute atomic E-state index is 0.0177. The molecular formula is C39H61NO14. The molecule has 2 fully saturated rings. The molecule has 3 aliphatic rings. The van der Waals surface area contributed by atoms with E-state index in [2.05, 4.69) is 0 Å². The van der Waals surface area contributed by atoms with Gasteiger partial charge in [0.25, 0.3) is 0 Å². The predicted molar refractivity (Wildman–Crippen MR) is 195 cm³/mol. The number of carboxylic acids is 1. The summed E-state index contributed by atoms with van der Waals surface area (Å²) in [4.78, 5) is 38.2. The number of Topliss-reactive ketones (excluding diaryl/α,β-unsaturated/α-hetero) is 1. The number of carbonyl (C=O) groups excluding carboxylic acids is 2. The molecule has 2 saturated heterocycles. The molecule has 0 amide bonds. The zero-order valence-corrected chi connectivity index (χ0v) is 31.5. The number of aliphatic carboxylic acids is 1. The molecule has 0 aromatic carbocycles. The van der Waals surface area contributed by atoms with Crippen LogP contribution in [-0.2, 0) is 33.3 Å². The van der Waals surface area contributed by atoms with Crippen LogP contribution in [0.1, 0.15) is 91.4 Å². The van der Waals surface area contributed by atoms with Gasteiger partial charge in [-0.3, -0.25) is 14.4 Å². The first-order chi connectivity index (χ1) is 25.6. The van der Waals surface area contributed by atoms with E-state index < -0.39 is 110 Å². The fraction of sp³-hybridized carbons (Fsp3) is 0.718. The first-order valence-electron chi connectivity index (χ1n) is 19.1. The van der Waals surface area contributed by atoms with E-state index >= 15 is 0 Å². The monoisotopic (exact) mass is 767 g/mol. The number of cyclic esters (lactones) is 1. The number of nitrogens with two attached hydrogens (primary N) is 1. The molecule has 15 heteroatoms. The number of rotatable bonds is 6. The van der Waals surface area contributed by atoms with Crippen molar-refractivity contribution in [3.05, 3.63) is 48.6 Å². The Morgan fingerprint density at radius 1 is 0.981 bits per heavy atom. The van der Waals surface area contributed by atoms with Crippen molar-refractivity contribution in [2.75, 3.05) is 0 Å². The molecule has 3 heterocycles. The molecule has 0 radical (unpaired) electrons.